The van der Waals surface area contributed by atoms with Crippen LogP contribution < -0.4 is 9.64 Å². The van der Waals surface area contributed by atoms with Gasteiger partial charge in [0.15, 0.2) is 5.54 Å². The highest BCUT2D eigenvalue weighted by molar-refractivity contribution is 6.50. The van der Waals surface area contributed by atoms with Gasteiger partial charge in [0.25, 0.3) is 17.6 Å². The van der Waals surface area contributed by atoms with Gasteiger partial charge in [-0.15, -0.1) is 0 Å². The maximum Gasteiger partial charge on any atom is 0.296 e. The number of carbonyl (C=O) groups is 3. The van der Waals surface area contributed by atoms with E-state index >= 15 is 0 Å². The Kier molecular flexibility index (Phi) is 5.63. The zero-order valence-corrected chi connectivity index (χ0v) is 20.0. The first-order valence-corrected chi connectivity index (χ1v) is 11.8. The Morgan fingerprint density at radius 3 is 2.63 bits per heavy atom. The third-order valence-corrected chi connectivity index (χ3v) is 7.20. The SMILES string of the molecule is CCN1C(=O)[C@]2(C(=C(O)c3ccc(OC)c(C)c3)C(=O)C(=O)N2C[C@@H]2CCCO2)c2ccccc21. The van der Waals surface area contributed by atoms with Crippen molar-refractivity contribution in [3.63, 3.8) is 0 Å². The minimum Gasteiger partial charge on any atom is -0.507 e. The third-order valence-electron chi connectivity index (χ3n) is 7.20. The Hall–Kier alpha value is -3.65. The van der Waals surface area contributed by atoms with E-state index < -0.39 is 23.1 Å². The minimum absolute atomic E-state index is 0.0840. The zero-order chi connectivity index (χ0) is 24.9. The fourth-order valence-corrected chi connectivity index (χ4v) is 5.59. The predicted molar refractivity (Wildman–Crippen MR) is 129 cm³/mol. The number of ether oxygens (including phenoxy) is 2. The van der Waals surface area contributed by atoms with Crippen LogP contribution in [0.1, 0.15) is 36.5 Å². The molecule has 0 unspecified atom stereocenters. The third kappa shape index (κ3) is 3.20. The van der Waals surface area contributed by atoms with Gasteiger partial charge in [-0.3, -0.25) is 14.4 Å². The maximum absolute atomic E-state index is 14.2. The number of ketones is 1. The molecule has 0 bridgehead atoms. The van der Waals surface area contributed by atoms with Crippen molar-refractivity contribution in [1.82, 2.24) is 4.90 Å². The number of likely N-dealkylation sites (tertiary alicyclic amines) is 1. The first-order chi connectivity index (χ1) is 16.9. The van der Waals surface area contributed by atoms with E-state index in [1.807, 2.05) is 19.9 Å². The molecule has 2 saturated heterocycles. The van der Waals surface area contributed by atoms with Crippen LogP contribution in [0.25, 0.3) is 5.76 Å². The van der Waals surface area contributed by atoms with Crippen molar-refractivity contribution in [3.8, 4) is 5.75 Å². The second kappa shape index (κ2) is 8.53. The van der Waals surface area contributed by atoms with Gasteiger partial charge in [0.1, 0.15) is 11.5 Å². The smallest absolute Gasteiger partial charge is 0.296 e. The second-order valence-corrected chi connectivity index (χ2v) is 9.06. The van der Waals surface area contributed by atoms with Gasteiger partial charge in [-0.2, -0.15) is 0 Å². The number of benzene rings is 2. The summed E-state index contributed by atoms with van der Waals surface area (Å²) >= 11 is 0. The monoisotopic (exact) mass is 476 g/mol. The van der Waals surface area contributed by atoms with E-state index in [4.69, 9.17) is 9.47 Å². The zero-order valence-electron chi connectivity index (χ0n) is 20.0. The summed E-state index contributed by atoms with van der Waals surface area (Å²) in [7, 11) is 1.55. The number of carbonyl (C=O) groups excluding carboxylic acids is 3. The van der Waals surface area contributed by atoms with Crippen molar-refractivity contribution in [2.24, 2.45) is 0 Å². The van der Waals surface area contributed by atoms with E-state index in [1.165, 1.54) is 4.90 Å². The van der Waals surface area contributed by atoms with Crippen molar-refractivity contribution < 1.29 is 29.0 Å². The summed E-state index contributed by atoms with van der Waals surface area (Å²) in [5.41, 5.74) is 0.237. The van der Waals surface area contributed by atoms with Crippen molar-refractivity contribution in [2.45, 2.75) is 38.3 Å². The molecule has 8 nitrogen and oxygen atoms in total. The number of rotatable bonds is 5. The molecule has 2 amide bonds. The lowest BCUT2D eigenvalue weighted by Gasteiger charge is -2.35. The number of likely N-dealkylation sites (N-methyl/N-ethyl adjacent to an activating group) is 1. The molecular weight excluding hydrogens is 448 g/mol. The molecule has 0 aliphatic carbocycles. The highest BCUT2D eigenvalue weighted by Crippen LogP contribution is 2.53. The number of fused-ring (bicyclic) bond motifs is 2. The largest absolute Gasteiger partial charge is 0.507 e. The van der Waals surface area contributed by atoms with Crippen LogP contribution in [0.5, 0.6) is 5.75 Å². The van der Waals surface area contributed by atoms with Crippen LogP contribution in [0.3, 0.4) is 0 Å². The predicted octanol–water partition coefficient (Wildman–Crippen LogP) is 3.13. The molecule has 3 aliphatic rings. The lowest BCUT2D eigenvalue weighted by molar-refractivity contribution is -0.145. The number of anilines is 1. The number of nitrogens with zero attached hydrogens (tertiary/aromatic N) is 2. The summed E-state index contributed by atoms with van der Waals surface area (Å²) in [5, 5.41) is 11.5. The lowest BCUT2D eigenvalue weighted by Crippen LogP contribution is -2.53. The van der Waals surface area contributed by atoms with Gasteiger partial charge in [0, 0.05) is 30.8 Å². The maximum atomic E-state index is 14.2. The molecule has 5 rings (SSSR count). The first-order valence-electron chi connectivity index (χ1n) is 11.8. The van der Waals surface area contributed by atoms with Gasteiger partial charge in [-0.25, -0.2) is 0 Å². The van der Waals surface area contributed by atoms with Crippen molar-refractivity contribution in [1.29, 1.82) is 0 Å². The van der Waals surface area contributed by atoms with Gasteiger partial charge in [0.05, 0.1) is 24.5 Å². The van der Waals surface area contributed by atoms with Crippen molar-refractivity contribution in [2.75, 3.05) is 31.7 Å². The number of aryl methyl sites for hydroxylation is 1. The standard InChI is InChI=1S/C27H28N2O6/c1-4-28-20-10-6-5-9-19(20)27(26(28)33)22(23(30)17-11-12-21(34-3)16(2)14-17)24(31)25(32)29(27)15-18-8-7-13-35-18/h5-6,9-12,14,18,30H,4,7-8,13,15H2,1-3H3/t18-,27+/m0/s1. The molecule has 3 aliphatic heterocycles. The molecule has 8 heteroatoms. The number of hydrogen-bond acceptors (Lipinski definition) is 6. The number of hydrogen-bond donors (Lipinski definition) is 1. The van der Waals surface area contributed by atoms with E-state index in [2.05, 4.69) is 0 Å². The van der Waals surface area contributed by atoms with Crippen LogP contribution in [0.4, 0.5) is 5.69 Å². The van der Waals surface area contributed by atoms with Gasteiger partial charge >= 0.3 is 0 Å². The van der Waals surface area contributed by atoms with Crippen LogP contribution in [-0.4, -0.2) is 60.5 Å². The molecule has 0 radical (unpaired) electrons. The van der Waals surface area contributed by atoms with Crippen molar-refractivity contribution >= 4 is 29.0 Å². The Morgan fingerprint density at radius 1 is 1.20 bits per heavy atom. The summed E-state index contributed by atoms with van der Waals surface area (Å²) in [5.74, 6) is -1.88. The van der Waals surface area contributed by atoms with E-state index in [9.17, 15) is 19.5 Å². The van der Waals surface area contributed by atoms with Gasteiger partial charge in [-0.05, 0) is 56.5 Å². The molecule has 35 heavy (non-hydrogen) atoms. The fourth-order valence-electron chi connectivity index (χ4n) is 5.59. The number of amides is 2. The van der Waals surface area contributed by atoms with Crippen LogP contribution >= 0.6 is 0 Å². The molecule has 2 fully saturated rings. The highest BCUT2D eigenvalue weighted by Gasteiger charge is 2.67. The molecule has 3 heterocycles. The Balaban J connectivity index is 1.79. The number of aliphatic hydroxyl groups is 1. The number of para-hydroxylation sites is 1. The van der Waals surface area contributed by atoms with E-state index in [-0.39, 0.29) is 24.0 Å². The van der Waals surface area contributed by atoms with E-state index in [1.54, 1.807) is 48.4 Å². The fraction of sp³-hybridized carbons (Fsp3) is 0.370. The quantitative estimate of drug-likeness (QED) is 0.405. The number of methoxy groups -OCH3 is 1. The Bertz CT molecular complexity index is 1260. The average Bonchev–Trinajstić information content (AvgIpc) is 3.52. The molecule has 2 aromatic rings. The summed E-state index contributed by atoms with van der Waals surface area (Å²) in [6, 6.07) is 12.1. The van der Waals surface area contributed by atoms with Crippen LogP contribution in [0.15, 0.2) is 48.0 Å². The number of Topliss-reactive ketones (excluding diaryl/α,β-unsaturated/α-hetero) is 1. The van der Waals surface area contributed by atoms with Gasteiger partial charge in [0.2, 0.25) is 0 Å². The molecule has 0 saturated carbocycles. The Labute approximate surface area is 203 Å². The molecule has 0 aromatic heterocycles. The first kappa shape index (κ1) is 23.1. The molecule has 1 spiro atoms. The molecular formula is C27H28N2O6. The molecule has 2 atom stereocenters. The normalized spacial score (nSPS) is 25.1. The average molecular weight is 477 g/mol. The lowest BCUT2D eigenvalue weighted by atomic mass is 9.81. The van der Waals surface area contributed by atoms with Gasteiger partial charge < -0.3 is 24.4 Å². The second-order valence-electron chi connectivity index (χ2n) is 9.06. The van der Waals surface area contributed by atoms with E-state index in [0.29, 0.717) is 35.7 Å². The molecule has 1 N–H and O–H groups in total. The number of aliphatic hydroxyl groups excluding tert-OH is 1. The summed E-state index contributed by atoms with van der Waals surface area (Å²) in [4.78, 5) is 44.2. The van der Waals surface area contributed by atoms with Crippen molar-refractivity contribution in [3.05, 3.63) is 64.7 Å². The summed E-state index contributed by atoms with van der Waals surface area (Å²) < 4.78 is 11.1. The minimum atomic E-state index is -1.76. The topological polar surface area (TPSA) is 96.4 Å². The van der Waals surface area contributed by atoms with Crippen LogP contribution in [-0.2, 0) is 24.7 Å². The van der Waals surface area contributed by atoms with Crippen LogP contribution in [0.2, 0.25) is 0 Å². The van der Waals surface area contributed by atoms with Crippen LogP contribution in [0, 0.1) is 6.92 Å². The summed E-state index contributed by atoms with van der Waals surface area (Å²) in [6.07, 6.45) is 1.28. The van der Waals surface area contributed by atoms with E-state index in [0.717, 1.165) is 18.4 Å². The summed E-state index contributed by atoms with van der Waals surface area (Å²) in [6.45, 7) is 4.66. The Morgan fingerprint density at radius 2 is 1.97 bits per heavy atom. The molecule has 182 valence electrons. The van der Waals surface area contributed by atoms with Gasteiger partial charge in [-0.1, -0.05) is 18.2 Å². The highest BCUT2D eigenvalue weighted by atomic mass is 16.5. The molecule has 2 aromatic carbocycles.